The molecule has 5 heteroatoms. The molecule has 3 rings (SSSR count). The number of anilines is 2. The normalized spacial score (nSPS) is 10.6. The highest BCUT2D eigenvalue weighted by atomic mass is 16.2. The molecule has 0 atom stereocenters. The van der Waals surface area contributed by atoms with Crippen LogP contribution in [0.1, 0.15) is 46.0 Å². The number of hydrogen-bond acceptors (Lipinski definition) is 3. The Hall–Kier alpha value is -3.47. The Kier molecular flexibility index (Phi) is 5.84. The van der Waals surface area contributed by atoms with Crippen molar-refractivity contribution in [2.24, 2.45) is 0 Å². The number of amides is 2. The van der Waals surface area contributed by atoms with Gasteiger partial charge in [0.2, 0.25) is 0 Å². The molecule has 0 saturated heterocycles. The molecular weight excluding hydrogens is 350 g/mol. The van der Waals surface area contributed by atoms with E-state index < -0.39 is 0 Å². The number of rotatable bonds is 5. The Morgan fingerprint density at radius 3 is 2.29 bits per heavy atom. The summed E-state index contributed by atoms with van der Waals surface area (Å²) in [5.74, 6) is -0.240. The average molecular weight is 373 g/mol. The molecule has 5 nitrogen and oxygen atoms in total. The summed E-state index contributed by atoms with van der Waals surface area (Å²) in [6, 6.07) is 18.6. The summed E-state index contributed by atoms with van der Waals surface area (Å²) in [5, 5.41) is 2.93. The van der Waals surface area contributed by atoms with Gasteiger partial charge in [-0.3, -0.25) is 14.6 Å². The molecule has 1 N–H and O–H groups in total. The second-order valence-electron chi connectivity index (χ2n) is 6.86. The fraction of sp³-hybridized carbons (Fsp3) is 0.174. The largest absolute Gasteiger partial charge is 0.322 e. The molecule has 0 aliphatic rings. The first-order valence-electron chi connectivity index (χ1n) is 9.16. The van der Waals surface area contributed by atoms with Gasteiger partial charge in [-0.1, -0.05) is 50.2 Å². The van der Waals surface area contributed by atoms with Crippen molar-refractivity contribution < 1.29 is 9.59 Å². The Morgan fingerprint density at radius 1 is 0.929 bits per heavy atom. The van der Waals surface area contributed by atoms with Crippen LogP contribution in [0.4, 0.5) is 11.4 Å². The molecule has 1 heterocycles. The van der Waals surface area contributed by atoms with Crippen molar-refractivity contribution in [2.75, 3.05) is 17.3 Å². The van der Waals surface area contributed by atoms with Crippen molar-refractivity contribution in [3.8, 4) is 0 Å². The third-order valence-electron chi connectivity index (χ3n) is 4.53. The fourth-order valence-corrected chi connectivity index (χ4v) is 2.95. The standard InChI is InChI=1S/C23H23N3O2/c1-16(2)20-11-7-8-12-21(20)25-22(27)17-13-18(15-24-14-17)23(28)26(3)19-9-5-4-6-10-19/h4-16H,1-3H3,(H,25,27). The molecule has 142 valence electrons. The van der Waals surface area contributed by atoms with E-state index in [-0.39, 0.29) is 17.7 Å². The lowest BCUT2D eigenvalue weighted by molar-refractivity contribution is 0.0992. The number of hydrogen-bond donors (Lipinski definition) is 1. The predicted octanol–water partition coefficient (Wildman–Crippen LogP) is 4.73. The molecule has 1 aromatic heterocycles. The first-order chi connectivity index (χ1) is 13.5. The zero-order valence-corrected chi connectivity index (χ0v) is 16.2. The highest BCUT2D eigenvalue weighted by Crippen LogP contribution is 2.24. The molecule has 0 fully saturated rings. The van der Waals surface area contributed by atoms with Crippen molar-refractivity contribution >= 4 is 23.2 Å². The monoisotopic (exact) mass is 373 g/mol. The topological polar surface area (TPSA) is 62.3 Å². The number of carbonyl (C=O) groups excluding carboxylic acids is 2. The summed E-state index contributed by atoms with van der Waals surface area (Å²) >= 11 is 0. The van der Waals surface area contributed by atoms with Gasteiger partial charge in [0.15, 0.2) is 0 Å². The molecule has 3 aromatic rings. The van der Waals surface area contributed by atoms with E-state index in [1.165, 1.54) is 17.3 Å². The van der Waals surface area contributed by atoms with Crippen LogP contribution in [0.25, 0.3) is 0 Å². The molecule has 0 bridgehead atoms. The average Bonchev–Trinajstić information content (AvgIpc) is 2.73. The van der Waals surface area contributed by atoms with Gasteiger partial charge in [0.05, 0.1) is 11.1 Å². The summed E-state index contributed by atoms with van der Waals surface area (Å²) in [4.78, 5) is 31.1. The molecule has 2 amide bonds. The maximum Gasteiger partial charge on any atom is 0.259 e. The second-order valence-corrected chi connectivity index (χ2v) is 6.86. The lowest BCUT2D eigenvalue weighted by Gasteiger charge is -2.17. The zero-order valence-electron chi connectivity index (χ0n) is 16.2. The van der Waals surface area contributed by atoms with Crippen molar-refractivity contribution in [2.45, 2.75) is 19.8 Å². The summed E-state index contributed by atoms with van der Waals surface area (Å²) in [5.41, 5.74) is 3.29. The number of aromatic nitrogens is 1. The molecule has 2 aromatic carbocycles. The Balaban J connectivity index is 1.81. The highest BCUT2D eigenvalue weighted by Gasteiger charge is 2.17. The van der Waals surface area contributed by atoms with E-state index in [0.29, 0.717) is 11.1 Å². The first kappa shape index (κ1) is 19.3. The summed E-state index contributed by atoms with van der Waals surface area (Å²) in [6.07, 6.45) is 2.94. The number of para-hydroxylation sites is 2. The third kappa shape index (κ3) is 4.26. The zero-order chi connectivity index (χ0) is 20.1. The molecule has 0 spiro atoms. The SMILES string of the molecule is CC(C)c1ccccc1NC(=O)c1cncc(C(=O)N(C)c2ccccc2)c1. The van der Waals surface area contributed by atoms with Gasteiger partial charge in [-0.15, -0.1) is 0 Å². The maximum absolute atomic E-state index is 12.8. The molecule has 0 aliphatic carbocycles. The van der Waals surface area contributed by atoms with Gasteiger partial charge in [0.1, 0.15) is 0 Å². The van der Waals surface area contributed by atoms with E-state index >= 15 is 0 Å². The van der Waals surface area contributed by atoms with Crippen LogP contribution in [0.5, 0.6) is 0 Å². The first-order valence-corrected chi connectivity index (χ1v) is 9.16. The van der Waals surface area contributed by atoms with Gasteiger partial charge in [0, 0.05) is 30.8 Å². The van der Waals surface area contributed by atoms with Crippen molar-refractivity contribution in [3.05, 3.63) is 89.7 Å². The van der Waals surface area contributed by atoms with Gasteiger partial charge < -0.3 is 10.2 Å². The van der Waals surface area contributed by atoms with Crippen LogP contribution in [0.3, 0.4) is 0 Å². The van der Waals surface area contributed by atoms with Crippen molar-refractivity contribution in [1.29, 1.82) is 0 Å². The van der Waals surface area contributed by atoms with Crippen molar-refractivity contribution in [3.63, 3.8) is 0 Å². The number of nitrogens with one attached hydrogen (secondary N) is 1. The molecule has 0 saturated carbocycles. The molecular formula is C23H23N3O2. The smallest absolute Gasteiger partial charge is 0.259 e. The number of pyridine rings is 1. The van der Waals surface area contributed by atoms with Crippen molar-refractivity contribution in [1.82, 2.24) is 4.98 Å². The van der Waals surface area contributed by atoms with Crippen LogP contribution < -0.4 is 10.2 Å². The van der Waals surface area contributed by atoms with Crippen LogP contribution in [0.2, 0.25) is 0 Å². The number of nitrogens with zero attached hydrogens (tertiary/aromatic N) is 2. The van der Waals surface area contributed by atoms with Crippen LogP contribution in [0.15, 0.2) is 73.1 Å². The predicted molar refractivity (Wildman–Crippen MR) is 112 cm³/mol. The van der Waals surface area contributed by atoms with Gasteiger partial charge in [-0.25, -0.2) is 0 Å². The summed E-state index contributed by atoms with van der Waals surface area (Å²) in [6.45, 7) is 4.15. The minimum absolute atomic E-state index is 0.226. The third-order valence-corrected chi connectivity index (χ3v) is 4.53. The summed E-state index contributed by atoms with van der Waals surface area (Å²) in [7, 11) is 1.70. The lowest BCUT2D eigenvalue weighted by Crippen LogP contribution is -2.26. The number of benzene rings is 2. The quantitative estimate of drug-likeness (QED) is 0.703. The van der Waals surface area contributed by atoms with E-state index in [2.05, 4.69) is 24.1 Å². The second kappa shape index (κ2) is 8.48. The van der Waals surface area contributed by atoms with Gasteiger partial charge in [-0.2, -0.15) is 0 Å². The molecule has 0 aliphatic heterocycles. The molecule has 28 heavy (non-hydrogen) atoms. The van der Waals surface area contributed by atoms with Crippen LogP contribution in [0, 0.1) is 0 Å². The van der Waals surface area contributed by atoms with Crippen LogP contribution >= 0.6 is 0 Å². The Bertz CT molecular complexity index is 984. The summed E-state index contributed by atoms with van der Waals surface area (Å²) < 4.78 is 0. The number of carbonyl (C=O) groups is 2. The van der Waals surface area contributed by atoms with E-state index in [0.717, 1.165) is 16.9 Å². The Morgan fingerprint density at radius 2 is 1.57 bits per heavy atom. The van der Waals surface area contributed by atoms with Crippen LogP contribution in [-0.4, -0.2) is 23.8 Å². The minimum Gasteiger partial charge on any atom is -0.322 e. The fourth-order valence-electron chi connectivity index (χ4n) is 2.95. The van der Waals surface area contributed by atoms with E-state index in [1.54, 1.807) is 13.1 Å². The minimum atomic E-state index is -0.294. The van der Waals surface area contributed by atoms with E-state index in [1.807, 2.05) is 54.6 Å². The maximum atomic E-state index is 12.8. The molecule has 0 unspecified atom stereocenters. The molecule has 0 radical (unpaired) electrons. The van der Waals surface area contributed by atoms with E-state index in [9.17, 15) is 9.59 Å². The van der Waals surface area contributed by atoms with Gasteiger partial charge in [-0.05, 0) is 35.7 Å². The van der Waals surface area contributed by atoms with Gasteiger partial charge >= 0.3 is 0 Å². The van der Waals surface area contributed by atoms with Crippen LogP contribution in [-0.2, 0) is 0 Å². The van der Waals surface area contributed by atoms with Gasteiger partial charge in [0.25, 0.3) is 11.8 Å². The Labute approximate surface area is 165 Å². The van der Waals surface area contributed by atoms with E-state index in [4.69, 9.17) is 0 Å². The lowest BCUT2D eigenvalue weighted by atomic mass is 10.0. The highest BCUT2D eigenvalue weighted by molar-refractivity contribution is 6.09.